The average Bonchev–Trinajstić information content (AvgIpc) is 2.72. The minimum atomic E-state index is -1.64. The van der Waals surface area contributed by atoms with Gasteiger partial charge in [0.1, 0.15) is 18.1 Å². The first-order valence-electron chi connectivity index (χ1n) is 10.6. The van der Waals surface area contributed by atoms with E-state index in [0.29, 0.717) is 0 Å². The fraction of sp³-hybridized carbons (Fsp3) is 0.500. The van der Waals surface area contributed by atoms with Gasteiger partial charge in [-0.25, -0.2) is 4.79 Å². The Morgan fingerprint density at radius 3 is 1.94 bits per heavy atom. The number of hydrogen-bond acceptors (Lipinski definition) is 6. The number of amides is 3. The zero-order chi connectivity index (χ0) is 25.1. The van der Waals surface area contributed by atoms with Crippen LogP contribution in [0.15, 0.2) is 30.3 Å². The topological polar surface area (TPSA) is 188 Å². The highest BCUT2D eigenvalue weighted by atomic mass is 16.4. The fourth-order valence-corrected chi connectivity index (χ4v) is 2.99. The van der Waals surface area contributed by atoms with E-state index in [0.717, 1.165) is 5.56 Å². The van der Waals surface area contributed by atoms with Gasteiger partial charge in [0, 0.05) is 0 Å². The molecule has 4 atom stereocenters. The molecule has 0 aliphatic rings. The molecule has 0 aromatic heterocycles. The minimum Gasteiger partial charge on any atom is -0.481 e. The van der Waals surface area contributed by atoms with Crippen molar-refractivity contribution in [3.63, 3.8) is 0 Å². The molecule has 0 fully saturated rings. The highest BCUT2D eigenvalue weighted by Gasteiger charge is 2.30. The molecule has 0 spiro atoms. The molecular weight excluding hydrogens is 432 g/mol. The van der Waals surface area contributed by atoms with Gasteiger partial charge in [-0.15, -0.1) is 0 Å². The summed E-state index contributed by atoms with van der Waals surface area (Å²) in [5.41, 5.74) is 6.79. The van der Waals surface area contributed by atoms with E-state index in [2.05, 4.69) is 16.0 Å². The van der Waals surface area contributed by atoms with Crippen LogP contribution in [-0.4, -0.2) is 64.0 Å². The third-order valence-corrected chi connectivity index (χ3v) is 4.72. The van der Waals surface area contributed by atoms with Crippen LogP contribution >= 0.6 is 0 Å². The van der Waals surface area contributed by atoms with Crippen LogP contribution in [0.3, 0.4) is 0 Å². The predicted molar refractivity (Wildman–Crippen MR) is 119 cm³/mol. The number of carboxylic acids is 2. The maximum absolute atomic E-state index is 12.6. The van der Waals surface area contributed by atoms with Crippen LogP contribution in [0, 0.1) is 5.92 Å². The summed E-state index contributed by atoms with van der Waals surface area (Å²) in [6.45, 7) is 5.02. The second kappa shape index (κ2) is 13.2. The Hall–Kier alpha value is -3.47. The lowest BCUT2D eigenvalue weighted by Crippen LogP contribution is -2.56. The van der Waals surface area contributed by atoms with Crippen molar-refractivity contribution in [2.24, 2.45) is 11.7 Å². The highest BCUT2D eigenvalue weighted by Crippen LogP contribution is 2.07. The van der Waals surface area contributed by atoms with E-state index in [1.165, 1.54) is 6.92 Å². The Morgan fingerprint density at radius 1 is 0.848 bits per heavy atom. The molecule has 11 nitrogen and oxygen atoms in total. The molecule has 1 rings (SSSR count). The van der Waals surface area contributed by atoms with Crippen molar-refractivity contribution in [3.8, 4) is 0 Å². The van der Waals surface area contributed by atoms with Crippen molar-refractivity contribution in [1.82, 2.24) is 16.0 Å². The molecule has 3 amide bonds. The summed E-state index contributed by atoms with van der Waals surface area (Å²) < 4.78 is 0. The summed E-state index contributed by atoms with van der Waals surface area (Å²) in [5, 5.41) is 25.1. The van der Waals surface area contributed by atoms with Crippen LogP contribution in [0.4, 0.5) is 0 Å². The summed E-state index contributed by atoms with van der Waals surface area (Å²) >= 11 is 0. The molecule has 0 saturated heterocycles. The Bertz CT molecular complexity index is 844. The first kappa shape index (κ1) is 27.6. The number of benzene rings is 1. The number of nitrogens with two attached hydrogens (primary N) is 1. The SMILES string of the molecule is CC(C)CC(NC(=O)C(C)NC(=O)C(N)Cc1ccccc1)C(=O)NC(CC(=O)O)C(=O)O. The third-order valence-electron chi connectivity index (χ3n) is 4.72. The predicted octanol–water partition coefficient (Wildman–Crippen LogP) is -0.364. The van der Waals surface area contributed by atoms with Gasteiger partial charge >= 0.3 is 11.9 Å². The van der Waals surface area contributed by atoms with Gasteiger partial charge in [0.15, 0.2) is 0 Å². The van der Waals surface area contributed by atoms with Crippen LogP contribution in [0.25, 0.3) is 0 Å². The summed E-state index contributed by atoms with van der Waals surface area (Å²) in [6, 6.07) is 4.47. The standard InChI is InChI=1S/C22H32N4O7/c1-12(2)9-16(21(31)26-17(22(32)33)11-18(27)28)25-19(29)13(3)24-20(30)15(23)10-14-7-5-4-6-8-14/h4-8,12-13,15-17H,9-11,23H2,1-3H3,(H,24,30)(H,25,29)(H,26,31)(H,27,28)(H,32,33). The summed E-state index contributed by atoms with van der Waals surface area (Å²) in [4.78, 5) is 59.6. The van der Waals surface area contributed by atoms with E-state index in [4.69, 9.17) is 15.9 Å². The van der Waals surface area contributed by atoms with E-state index < -0.39 is 60.2 Å². The number of carbonyl (C=O) groups excluding carboxylic acids is 3. The van der Waals surface area contributed by atoms with Crippen molar-refractivity contribution < 1.29 is 34.2 Å². The van der Waals surface area contributed by atoms with E-state index in [9.17, 15) is 24.0 Å². The molecule has 0 saturated carbocycles. The van der Waals surface area contributed by atoms with Gasteiger partial charge in [-0.3, -0.25) is 19.2 Å². The summed E-state index contributed by atoms with van der Waals surface area (Å²) in [7, 11) is 0. The Labute approximate surface area is 192 Å². The number of aliphatic carboxylic acids is 2. The lowest BCUT2D eigenvalue weighted by atomic mass is 10.0. The number of hydrogen-bond donors (Lipinski definition) is 6. The van der Waals surface area contributed by atoms with Crippen molar-refractivity contribution in [3.05, 3.63) is 35.9 Å². The molecule has 11 heteroatoms. The molecule has 7 N–H and O–H groups in total. The van der Waals surface area contributed by atoms with E-state index >= 15 is 0 Å². The average molecular weight is 465 g/mol. The molecule has 0 heterocycles. The normalized spacial score (nSPS) is 14.5. The van der Waals surface area contributed by atoms with Crippen LogP contribution in [0.5, 0.6) is 0 Å². The third kappa shape index (κ3) is 10.1. The van der Waals surface area contributed by atoms with Gasteiger partial charge in [0.2, 0.25) is 17.7 Å². The number of carbonyl (C=O) groups is 5. The van der Waals surface area contributed by atoms with E-state index in [1.807, 2.05) is 30.3 Å². The Balaban J connectivity index is 2.75. The molecule has 1 aromatic rings. The summed E-state index contributed by atoms with van der Waals surface area (Å²) in [5.74, 6) is -4.98. The van der Waals surface area contributed by atoms with Gasteiger partial charge in [-0.2, -0.15) is 0 Å². The fourth-order valence-electron chi connectivity index (χ4n) is 2.99. The Morgan fingerprint density at radius 2 is 1.42 bits per heavy atom. The monoisotopic (exact) mass is 464 g/mol. The first-order valence-corrected chi connectivity index (χ1v) is 10.6. The van der Waals surface area contributed by atoms with Gasteiger partial charge in [-0.05, 0) is 31.2 Å². The molecule has 4 unspecified atom stereocenters. The van der Waals surface area contributed by atoms with Crippen LogP contribution < -0.4 is 21.7 Å². The maximum atomic E-state index is 12.6. The number of nitrogens with one attached hydrogen (secondary N) is 3. The van der Waals surface area contributed by atoms with Gasteiger partial charge in [0.05, 0.1) is 12.5 Å². The zero-order valence-corrected chi connectivity index (χ0v) is 18.9. The lowest BCUT2D eigenvalue weighted by molar-refractivity contribution is -0.147. The lowest BCUT2D eigenvalue weighted by Gasteiger charge is -2.24. The van der Waals surface area contributed by atoms with Crippen molar-refractivity contribution >= 4 is 29.7 Å². The highest BCUT2D eigenvalue weighted by molar-refractivity contribution is 5.94. The molecule has 0 bridgehead atoms. The molecular formula is C22H32N4O7. The smallest absolute Gasteiger partial charge is 0.326 e. The van der Waals surface area contributed by atoms with Crippen molar-refractivity contribution in [1.29, 1.82) is 0 Å². The first-order chi connectivity index (χ1) is 15.4. The van der Waals surface area contributed by atoms with Crippen LogP contribution in [0.2, 0.25) is 0 Å². The van der Waals surface area contributed by atoms with Gasteiger partial charge in [-0.1, -0.05) is 44.2 Å². The maximum Gasteiger partial charge on any atom is 0.326 e. The van der Waals surface area contributed by atoms with E-state index in [-0.39, 0.29) is 18.8 Å². The van der Waals surface area contributed by atoms with Crippen LogP contribution in [0.1, 0.15) is 39.2 Å². The van der Waals surface area contributed by atoms with Crippen molar-refractivity contribution in [2.75, 3.05) is 0 Å². The second-order valence-electron chi connectivity index (χ2n) is 8.21. The van der Waals surface area contributed by atoms with Crippen LogP contribution in [-0.2, 0) is 30.4 Å². The number of carboxylic acid groups (broad SMARTS) is 2. The molecule has 0 aliphatic carbocycles. The Kier molecular flexibility index (Phi) is 11.0. The molecule has 0 aliphatic heterocycles. The minimum absolute atomic E-state index is 0.0482. The van der Waals surface area contributed by atoms with Gasteiger partial charge in [0.25, 0.3) is 0 Å². The van der Waals surface area contributed by atoms with E-state index in [1.54, 1.807) is 13.8 Å². The summed E-state index contributed by atoms with van der Waals surface area (Å²) in [6.07, 6.45) is -0.361. The quantitative estimate of drug-likeness (QED) is 0.228. The largest absolute Gasteiger partial charge is 0.481 e. The molecule has 33 heavy (non-hydrogen) atoms. The van der Waals surface area contributed by atoms with Crippen molar-refractivity contribution in [2.45, 2.75) is 64.2 Å². The molecule has 1 aromatic carbocycles. The second-order valence-corrected chi connectivity index (χ2v) is 8.21. The zero-order valence-electron chi connectivity index (χ0n) is 18.9. The number of rotatable bonds is 13. The van der Waals surface area contributed by atoms with Gasteiger partial charge < -0.3 is 31.9 Å². The molecule has 182 valence electrons. The molecule has 0 radical (unpaired) electrons.